The minimum absolute atomic E-state index is 0.124. The van der Waals surface area contributed by atoms with Gasteiger partial charge in [-0.15, -0.1) is 0 Å². The van der Waals surface area contributed by atoms with Gasteiger partial charge in [0.2, 0.25) is 0 Å². The maximum Gasteiger partial charge on any atom is 0.163 e. The van der Waals surface area contributed by atoms with Crippen LogP contribution in [0, 0.1) is 0 Å². The van der Waals surface area contributed by atoms with Crippen molar-refractivity contribution in [2.45, 2.75) is 6.92 Å². The smallest absolute Gasteiger partial charge is 0.163 e. The molecule has 0 spiro atoms. The quantitative estimate of drug-likeness (QED) is 0.799. The third kappa shape index (κ3) is 2.68. The van der Waals surface area contributed by atoms with E-state index in [0.717, 1.165) is 0 Å². The monoisotopic (exact) mass is 363 g/mol. The van der Waals surface area contributed by atoms with Crippen molar-refractivity contribution < 1.29 is 13.9 Å². The number of ketones is 1. The summed E-state index contributed by atoms with van der Waals surface area (Å²) in [6.07, 6.45) is 1.53. The standard InChI is InChI=1S/C13H15Cl2N3O3S/c1-8(19)9-6-10(14)11-12(15)16-7-18(11)13(9)17-2-4-22(20,21)5-3-17/h6-7,20-21H,2-5H2,1H3. The van der Waals surface area contributed by atoms with Gasteiger partial charge in [0.05, 0.1) is 22.1 Å². The van der Waals surface area contributed by atoms with Crippen LogP contribution < -0.4 is 4.90 Å². The number of pyridine rings is 1. The van der Waals surface area contributed by atoms with Gasteiger partial charge in [0, 0.05) is 13.1 Å². The van der Waals surface area contributed by atoms with Gasteiger partial charge >= 0.3 is 0 Å². The number of imidazole rings is 1. The van der Waals surface area contributed by atoms with Gasteiger partial charge in [-0.1, -0.05) is 23.2 Å². The van der Waals surface area contributed by atoms with Crippen molar-refractivity contribution in [3.8, 4) is 0 Å². The van der Waals surface area contributed by atoms with Gasteiger partial charge in [0.15, 0.2) is 10.9 Å². The first-order valence-electron chi connectivity index (χ1n) is 6.65. The number of nitrogens with zero attached hydrogens (tertiary/aromatic N) is 3. The average molecular weight is 364 g/mol. The molecule has 1 aliphatic heterocycles. The lowest BCUT2D eigenvalue weighted by atomic mass is 10.1. The van der Waals surface area contributed by atoms with Crippen LogP contribution in [-0.4, -0.2) is 48.9 Å². The van der Waals surface area contributed by atoms with E-state index in [1.165, 1.54) is 13.3 Å². The van der Waals surface area contributed by atoms with Crippen molar-refractivity contribution in [2.24, 2.45) is 0 Å². The highest BCUT2D eigenvalue weighted by atomic mass is 35.5. The number of anilines is 1. The highest BCUT2D eigenvalue weighted by Gasteiger charge is 2.27. The maximum absolute atomic E-state index is 12.0. The summed E-state index contributed by atoms with van der Waals surface area (Å²) in [5, 5.41) is 0.625. The third-order valence-electron chi connectivity index (χ3n) is 3.74. The van der Waals surface area contributed by atoms with Crippen LogP contribution in [0.25, 0.3) is 5.52 Å². The zero-order valence-corrected chi connectivity index (χ0v) is 14.1. The van der Waals surface area contributed by atoms with Crippen molar-refractivity contribution in [1.82, 2.24) is 9.38 Å². The lowest BCUT2D eigenvalue weighted by Crippen LogP contribution is -2.40. The summed E-state index contributed by atoms with van der Waals surface area (Å²) >= 11 is 12.3. The highest BCUT2D eigenvalue weighted by molar-refractivity contribution is 8.24. The maximum atomic E-state index is 12.0. The van der Waals surface area contributed by atoms with Crippen molar-refractivity contribution in [3.63, 3.8) is 0 Å². The molecule has 1 aliphatic rings. The average Bonchev–Trinajstić information content (AvgIpc) is 2.82. The molecule has 3 rings (SSSR count). The molecule has 0 bridgehead atoms. The minimum atomic E-state index is -2.52. The molecule has 2 N–H and O–H groups in total. The van der Waals surface area contributed by atoms with E-state index < -0.39 is 10.6 Å². The zero-order chi connectivity index (χ0) is 16.1. The van der Waals surface area contributed by atoms with Crippen LogP contribution in [0.4, 0.5) is 5.82 Å². The van der Waals surface area contributed by atoms with Crippen molar-refractivity contribution >= 4 is 50.9 Å². The predicted octanol–water partition coefficient (Wildman–Crippen LogP) is 3.41. The molecule has 1 fully saturated rings. The Labute approximate surface area is 139 Å². The lowest BCUT2D eigenvalue weighted by Gasteiger charge is -2.42. The van der Waals surface area contributed by atoms with E-state index in [-0.39, 0.29) is 22.4 Å². The van der Waals surface area contributed by atoms with E-state index in [4.69, 9.17) is 23.2 Å². The van der Waals surface area contributed by atoms with Crippen LogP contribution in [0.15, 0.2) is 12.4 Å². The summed E-state index contributed by atoms with van der Waals surface area (Å²) in [5.74, 6) is 1.07. The number of Topliss-reactive ketones (excluding diaryl/α,β-unsaturated/α-hetero) is 1. The van der Waals surface area contributed by atoms with Gasteiger partial charge in [-0.2, -0.15) is 10.6 Å². The Morgan fingerprint density at radius 2 is 1.95 bits per heavy atom. The van der Waals surface area contributed by atoms with E-state index in [1.54, 1.807) is 10.5 Å². The second kappa shape index (κ2) is 5.58. The first kappa shape index (κ1) is 15.9. The topological polar surface area (TPSA) is 78.1 Å². The Hall–Kier alpha value is -0.990. The molecule has 0 aromatic carbocycles. The number of hydrogen-bond donors (Lipinski definition) is 2. The van der Waals surface area contributed by atoms with E-state index in [2.05, 4.69) is 4.98 Å². The number of halogens is 2. The first-order chi connectivity index (χ1) is 10.3. The number of hydrogen-bond acceptors (Lipinski definition) is 5. The van der Waals surface area contributed by atoms with Crippen LogP contribution in [0.3, 0.4) is 0 Å². The van der Waals surface area contributed by atoms with Crippen LogP contribution in [-0.2, 0) is 0 Å². The second-order valence-electron chi connectivity index (χ2n) is 5.24. The summed E-state index contributed by atoms with van der Waals surface area (Å²) in [6.45, 7) is 2.35. The molecule has 2 aromatic heterocycles. The molecule has 0 aliphatic carbocycles. The SMILES string of the molecule is CC(=O)c1cc(Cl)c2c(Cl)ncn2c1N1CCS(O)(O)CC1. The van der Waals surface area contributed by atoms with Crippen molar-refractivity contribution in [2.75, 3.05) is 29.5 Å². The molecule has 0 saturated carbocycles. The fraction of sp³-hybridized carbons (Fsp3) is 0.385. The van der Waals surface area contributed by atoms with E-state index in [1.807, 2.05) is 4.90 Å². The van der Waals surface area contributed by atoms with Gasteiger partial charge in [0.25, 0.3) is 0 Å². The molecule has 0 amide bonds. The highest BCUT2D eigenvalue weighted by Crippen LogP contribution is 2.42. The van der Waals surface area contributed by atoms with Crippen LogP contribution in [0.1, 0.15) is 17.3 Å². The fourth-order valence-corrected chi connectivity index (χ4v) is 4.41. The number of fused-ring (bicyclic) bond motifs is 1. The molecule has 9 heteroatoms. The van der Waals surface area contributed by atoms with Crippen LogP contribution in [0.2, 0.25) is 10.2 Å². The number of carbonyl (C=O) groups excluding carboxylic acids is 1. The number of carbonyl (C=O) groups is 1. The Kier molecular flexibility index (Phi) is 4.03. The van der Waals surface area contributed by atoms with E-state index >= 15 is 0 Å². The predicted molar refractivity (Wildman–Crippen MR) is 90.0 cm³/mol. The Morgan fingerprint density at radius 1 is 1.32 bits per heavy atom. The Balaban J connectivity index is 2.17. The molecule has 6 nitrogen and oxygen atoms in total. The van der Waals surface area contributed by atoms with Gasteiger partial charge in [0.1, 0.15) is 17.7 Å². The molecule has 0 unspecified atom stereocenters. The molecule has 120 valence electrons. The zero-order valence-electron chi connectivity index (χ0n) is 11.8. The van der Waals surface area contributed by atoms with Crippen LogP contribution >= 0.6 is 33.8 Å². The van der Waals surface area contributed by atoms with Crippen molar-refractivity contribution in [1.29, 1.82) is 0 Å². The van der Waals surface area contributed by atoms with Gasteiger partial charge < -0.3 is 4.90 Å². The largest absolute Gasteiger partial charge is 0.354 e. The molecule has 2 aromatic rings. The van der Waals surface area contributed by atoms with Crippen molar-refractivity contribution in [3.05, 3.63) is 28.1 Å². The molecule has 1 saturated heterocycles. The Bertz CT molecular complexity index is 753. The van der Waals surface area contributed by atoms with Crippen LogP contribution in [0.5, 0.6) is 0 Å². The summed E-state index contributed by atoms with van der Waals surface area (Å²) in [6, 6.07) is 1.59. The van der Waals surface area contributed by atoms with Gasteiger partial charge in [-0.05, 0) is 13.0 Å². The summed E-state index contributed by atoms with van der Waals surface area (Å²) in [4.78, 5) is 18.0. The molecule has 22 heavy (non-hydrogen) atoms. The Morgan fingerprint density at radius 3 is 2.55 bits per heavy atom. The van der Waals surface area contributed by atoms with E-state index in [0.29, 0.717) is 35.0 Å². The number of aromatic nitrogens is 2. The van der Waals surface area contributed by atoms with E-state index in [9.17, 15) is 13.9 Å². The molecule has 0 radical (unpaired) electrons. The number of rotatable bonds is 2. The normalized spacial score (nSPS) is 19.4. The fourth-order valence-electron chi connectivity index (χ4n) is 2.61. The molecule has 0 atom stereocenters. The summed E-state index contributed by atoms with van der Waals surface area (Å²) < 4.78 is 21.2. The summed E-state index contributed by atoms with van der Waals surface area (Å²) in [7, 11) is -2.52. The summed E-state index contributed by atoms with van der Waals surface area (Å²) in [5.41, 5.74) is 1.01. The molecular weight excluding hydrogens is 349 g/mol. The molecular formula is C13H15Cl2N3O3S. The third-order valence-corrected chi connectivity index (χ3v) is 5.98. The van der Waals surface area contributed by atoms with Gasteiger partial charge in [-0.3, -0.25) is 18.3 Å². The van der Waals surface area contributed by atoms with Gasteiger partial charge in [-0.25, -0.2) is 4.98 Å². The minimum Gasteiger partial charge on any atom is -0.354 e. The molecule has 3 heterocycles. The second-order valence-corrected chi connectivity index (χ2v) is 8.42. The lowest BCUT2D eigenvalue weighted by molar-refractivity contribution is 0.101. The first-order valence-corrected chi connectivity index (χ1v) is 9.29.